The first-order valence-electron chi connectivity index (χ1n) is 9.41. The molecule has 1 amide bonds. The number of hydrogen-bond donors (Lipinski definition) is 0. The van der Waals surface area contributed by atoms with E-state index in [-0.39, 0.29) is 12.9 Å². The SMILES string of the molecule is COc1ccc(-c2ccc3cc4c(cc3c2N(C)C=O)OCO4)cc1OC(C)C. The quantitative estimate of drug-likeness (QED) is 0.572. The highest BCUT2D eigenvalue weighted by molar-refractivity contribution is 6.06. The highest BCUT2D eigenvalue weighted by Gasteiger charge is 2.20. The van der Waals surface area contributed by atoms with Crippen LogP contribution in [0, 0.1) is 0 Å². The van der Waals surface area contributed by atoms with E-state index < -0.39 is 0 Å². The van der Waals surface area contributed by atoms with Gasteiger partial charge < -0.3 is 23.8 Å². The lowest BCUT2D eigenvalue weighted by molar-refractivity contribution is -0.107. The molecular weight excluding hydrogens is 370 g/mol. The average Bonchev–Trinajstić information content (AvgIpc) is 3.17. The van der Waals surface area contributed by atoms with Crippen LogP contribution in [0.3, 0.4) is 0 Å². The summed E-state index contributed by atoms with van der Waals surface area (Å²) in [6.45, 7) is 4.14. The van der Waals surface area contributed by atoms with Crippen LogP contribution in [0.1, 0.15) is 13.8 Å². The largest absolute Gasteiger partial charge is 0.493 e. The lowest BCUT2D eigenvalue weighted by Crippen LogP contribution is -2.15. The molecule has 0 aliphatic carbocycles. The Bertz CT molecular complexity index is 1080. The van der Waals surface area contributed by atoms with E-state index in [0.29, 0.717) is 23.0 Å². The molecule has 6 heteroatoms. The summed E-state index contributed by atoms with van der Waals surface area (Å²) in [7, 11) is 3.36. The number of carbonyl (C=O) groups is 1. The highest BCUT2D eigenvalue weighted by Crippen LogP contribution is 2.44. The molecule has 0 unspecified atom stereocenters. The van der Waals surface area contributed by atoms with Gasteiger partial charge in [0.1, 0.15) is 0 Å². The maximum Gasteiger partial charge on any atom is 0.231 e. The molecule has 0 aromatic heterocycles. The lowest BCUT2D eigenvalue weighted by atomic mass is 9.97. The minimum atomic E-state index is 0.00705. The first-order valence-corrected chi connectivity index (χ1v) is 9.41. The molecule has 3 aromatic rings. The van der Waals surface area contributed by atoms with Crippen LogP contribution in [-0.2, 0) is 4.79 Å². The number of rotatable bonds is 6. The molecule has 150 valence electrons. The summed E-state index contributed by atoms with van der Waals surface area (Å²) in [6, 6.07) is 13.7. The Morgan fingerprint density at radius 2 is 1.79 bits per heavy atom. The average molecular weight is 393 g/mol. The van der Waals surface area contributed by atoms with Crippen molar-refractivity contribution in [3.63, 3.8) is 0 Å². The smallest absolute Gasteiger partial charge is 0.231 e. The van der Waals surface area contributed by atoms with Crippen LogP contribution < -0.4 is 23.8 Å². The number of fused-ring (bicyclic) bond motifs is 2. The van der Waals surface area contributed by atoms with Gasteiger partial charge in [-0.3, -0.25) is 4.79 Å². The second kappa shape index (κ2) is 7.54. The molecular formula is C23H23NO5. The van der Waals surface area contributed by atoms with Gasteiger partial charge in [-0.2, -0.15) is 0 Å². The second-order valence-corrected chi connectivity index (χ2v) is 7.14. The number of anilines is 1. The predicted octanol–water partition coefficient (Wildman–Crippen LogP) is 4.62. The molecule has 0 saturated heterocycles. The molecule has 3 aromatic carbocycles. The molecule has 0 saturated carbocycles. The normalized spacial score (nSPS) is 12.3. The minimum absolute atomic E-state index is 0.00705. The van der Waals surface area contributed by atoms with E-state index in [2.05, 4.69) is 0 Å². The zero-order valence-corrected chi connectivity index (χ0v) is 16.9. The molecule has 29 heavy (non-hydrogen) atoms. The summed E-state index contributed by atoms with van der Waals surface area (Å²) in [5, 5.41) is 1.87. The van der Waals surface area contributed by atoms with Gasteiger partial charge in [0.15, 0.2) is 23.0 Å². The van der Waals surface area contributed by atoms with Gasteiger partial charge in [-0.15, -0.1) is 0 Å². The lowest BCUT2D eigenvalue weighted by Gasteiger charge is -2.21. The van der Waals surface area contributed by atoms with Gasteiger partial charge in [0.25, 0.3) is 0 Å². The summed E-state index contributed by atoms with van der Waals surface area (Å²) < 4.78 is 22.4. The standard InChI is InChI=1S/C23H23NO5/c1-14(2)29-22-10-15(6-8-19(22)26-4)17-7-5-16-9-20-21(28-13-27-20)11-18(16)23(17)24(3)12-25/h5-12,14H,13H2,1-4H3. The molecule has 0 spiro atoms. The maximum atomic E-state index is 11.7. The fourth-order valence-corrected chi connectivity index (χ4v) is 3.55. The van der Waals surface area contributed by atoms with E-state index in [4.69, 9.17) is 18.9 Å². The first kappa shape index (κ1) is 18.9. The van der Waals surface area contributed by atoms with Gasteiger partial charge in [-0.05, 0) is 49.1 Å². The van der Waals surface area contributed by atoms with Gasteiger partial charge in [0.05, 0.1) is 18.9 Å². The van der Waals surface area contributed by atoms with E-state index in [0.717, 1.165) is 34.0 Å². The number of carbonyl (C=O) groups excluding carboxylic acids is 1. The van der Waals surface area contributed by atoms with Crippen molar-refractivity contribution in [2.24, 2.45) is 0 Å². The predicted molar refractivity (Wildman–Crippen MR) is 112 cm³/mol. The van der Waals surface area contributed by atoms with Crippen LogP contribution in [0.15, 0.2) is 42.5 Å². The fraction of sp³-hybridized carbons (Fsp3) is 0.261. The third kappa shape index (κ3) is 3.42. The Labute approximate surface area is 169 Å². The van der Waals surface area contributed by atoms with E-state index in [1.54, 1.807) is 19.1 Å². The van der Waals surface area contributed by atoms with Gasteiger partial charge in [0.2, 0.25) is 13.2 Å². The van der Waals surface area contributed by atoms with Gasteiger partial charge in [-0.1, -0.05) is 18.2 Å². The number of hydrogen-bond acceptors (Lipinski definition) is 5. The molecule has 0 N–H and O–H groups in total. The van der Waals surface area contributed by atoms with Crippen LogP contribution in [0.5, 0.6) is 23.0 Å². The van der Waals surface area contributed by atoms with E-state index in [1.165, 1.54) is 0 Å². The van der Waals surface area contributed by atoms with Crippen molar-refractivity contribution in [1.29, 1.82) is 0 Å². The van der Waals surface area contributed by atoms with Crippen molar-refractivity contribution in [1.82, 2.24) is 0 Å². The Morgan fingerprint density at radius 3 is 2.48 bits per heavy atom. The molecule has 0 atom stereocenters. The molecule has 0 radical (unpaired) electrons. The molecule has 0 bridgehead atoms. The maximum absolute atomic E-state index is 11.7. The van der Waals surface area contributed by atoms with Crippen LogP contribution in [-0.4, -0.2) is 33.5 Å². The minimum Gasteiger partial charge on any atom is -0.493 e. The van der Waals surface area contributed by atoms with Gasteiger partial charge in [-0.25, -0.2) is 0 Å². The number of ether oxygens (including phenoxy) is 4. The van der Waals surface area contributed by atoms with E-state index in [9.17, 15) is 4.79 Å². The summed E-state index contributed by atoms with van der Waals surface area (Å²) in [4.78, 5) is 13.3. The van der Waals surface area contributed by atoms with Crippen LogP contribution in [0.2, 0.25) is 0 Å². The Hall–Kier alpha value is -3.41. The van der Waals surface area contributed by atoms with Crippen molar-refractivity contribution in [3.8, 4) is 34.1 Å². The number of nitrogens with zero attached hydrogens (tertiary/aromatic N) is 1. The fourth-order valence-electron chi connectivity index (χ4n) is 3.55. The zero-order valence-electron chi connectivity index (χ0n) is 16.9. The highest BCUT2D eigenvalue weighted by atomic mass is 16.7. The number of methoxy groups -OCH3 is 1. The molecule has 1 heterocycles. The van der Waals surface area contributed by atoms with Crippen LogP contribution in [0.4, 0.5) is 5.69 Å². The monoisotopic (exact) mass is 393 g/mol. The zero-order chi connectivity index (χ0) is 20.5. The topological polar surface area (TPSA) is 57.2 Å². The van der Waals surface area contributed by atoms with Crippen LogP contribution >= 0.6 is 0 Å². The Morgan fingerprint density at radius 1 is 1.03 bits per heavy atom. The van der Waals surface area contributed by atoms with Crippen molar-refractivity contribution in [2.75, 3.05) is 25.9 Å². The van der Waals surface area contributed by atoms with Gasteiger partial charge >= 0.3 is 0 Å². The Kier molecular flexibility index (Phi) is 4.92. The Balaban J connectivity index is 1.93. The third-order valence-corrected chi connectivity index (χ3v) is 4.83. The van der Waals surface area contributed by atoms with Crippen molar-refractivity contribution in [3.05, 3.63) is 42.5 Å². The third-order valence-electron chi connectivity index (χ3n) is 4.83. The van der Waals surface area contributed by atoms with Crippen LogP contribution in [0.25, 0.3) is 21.9 Å². The summed E-state index contributed by atoms with van der Waals surface area (Å²) >= 11 is 0. The first-order chi connectivity index (χ1) is 14.0. The van der Waals surface area contributed by atoms with Crippen molar-refractivity contribution >= 4 is 22.9 Å². The van der Waals surface area contributed by atoms with E-state index >= 15 is 0 Å². The van der Waals surface area contributed by atoms with Crippen molar-refractivity contribution in [2.45, 2.75) is 20.0 Å². The molecule has 1 aliphatic rings. The second-order valence-electron chi connectivity index (χ2n) is 7.14. The summed E-state index contributed by atoms with van der Waals surface area (Å²) in [5.41, 5.74) is 2.61. The van der Waals surface area contributed by atoms with Crippen molar-refractivity contribution < 1.29 is 23.7 Å². The number of benzene rings is 3. The molecule has 1 aliphatic heterocycles. The molecule has 0 fully saturated rings. The van der Waals surface area contributed by atoms with E-state index in [1.807, 2.05) is 56.3 Å². The molecule has 4 rings (SSSR count). The number of amides is 1. The summed E-state index contributed by atoms with van der Waals surface area (Å²) in [5.74, 6) is 2.71. The van der Waals surface area contributed by atoms with Gasteiger partial charge in [0, 0.05) is 18.0 Å². The summed E-state index contributed by atoms with van der Waals surface area (Å²) in [6.07, 6.45) is 0.811. The molecule has 6 nitrogen and oxygen atoms in total.